The molecule has 0 unspecified atom stereocenters. The molecule has 2 amide bonds. The van der Waals surface area contributed by atoms with Crippen molar-refractivity contribution in [2.45, 2.75) is 52.2 Å². The third-order valence-electron chi connectivity index (χ3n) is 3.87. The van der Waals surface area contributed by atoms with Crippen LogP contribution in [0.1, 0.15) is 41.0 Å². The smallest absolute Gasteiger partial charge is 0.423 e. The fourth-order valence-corrected chi connectivity index (χ4v) is 1.64. The molecular formula is C16H27BN2O4. The summed E-state index contributed by atoms with van der Waals surface area (Å²) in [7, 11) is -1.17. The molecule has 0 aliphatic heterocycles. The van der Waals surface area contributed by atoms with Gasteiger partial charge in [0.2, 0.25) is 0 Å². The van der Waals surface area contributed by atoms with E-state index in [1.54, 1.807) is 52.0 Å². The van der Waals surface area contributed by atoms with Crippen LogP contribution < -0.4 is 16.1 Å². The maximum Gasteiger partial charge on any atom is 0.491 e. The van der Waals surface area contributed by atoms with Crippen LogP contribution in [0.5, 0.6) is 0 Å². The number of benzene rings is 1. The standard InChI is InChI=1S/C16H27BN2O4/c1-6-11-18-14(20)19-13-9-7-12(8-10-13)17(22)23-16(4,5)15(2,3)21/h7-10,21-22H,6,11H2,1-5H3,(H2,18,19,20). The average Bonchev–Trinajstić information content (AvgIpc) is 2.44. The van der Waals surface area contributed by atoms with Crippen molar-refractivity contribution in [3.63, 3.8) is 0 Å². The van der Waals surface area contributed by atoms with Crippen molar-refractivity contribution in [3.05, 3.63) is 24.3 Å². The highest BCUT2D eigenvalue weighted by Gasteiger charge is 2.39. The summed E-state index contributed by atoms with van der Waals surface area (Å²) in [5, 5.41) is 25.7. The van der Waals surface area contributed by atoms with E-state index in [2.05, 4.69) is 10.6 Å². The minimum atomic E-state index is -1.17. The Labute approximate surface area is 138 Å². The zero-order valence-corrected chi connectivity index (χ0v) is 14.5. The zero-order valence-electron chi connectivity index (χ0n) is 14.5. The van der Waals surface area contributed by atoms with E-state index in [-0.39, 0.29) is 6.03 Å². The lowest BCUT2D eigenvalue weighted by atomic mass is 9.76. The molecular weight excluding hydrogens is 295 g/mol. The molecule has 0 bridgehead atoms. The van der Waals surface area contributed by atoms with Crippen molar-refractivity contribution in [2.75, 3.05) is 11.9 Å². The zero-order chi connectivity index (χ0) is 17.7. The van der Waals surface area contributed by atoms with E-state index in [1.807, 2.05) is 6.92 Å². The van der Waals surface area contributed by atoms with Crippen molar-refractivity contribution >= 4 is 24.3 Å². The van der Waals surface area contributed by atoms with E-state index in [1.165, 1.54) is 0 Å². The second-order valence-corrected chi connectivity index (χ2v) is 6.54. The van der Waals surface area contributed by atoms with E-state index in [0.29, 0.717) is 17.7 Å². The highest BCUT2D eigenvalue weighted by molar-refractivity contribution is 6.60. The number of carbonyl (C=O) groups excluding carboxylic acids is 1. The van der Waals surface area contributed by atoms with Gasteiger partial charge in [0.1, 0.15) is 0 Å². The van der Waals surface area contributed by atoms with Crippen LogP contribution in [-0.2, 0) is 4.65 Å². The predicted octanol–water partition coefficient (Wildman–Crippen LogP) is 1.47. The van der Waals surface area contributed by atoms with Crippen LogP contribution in [0.2, 0.25) is 0 Å². The number of rotatable bonds is 7. The lowest BCUT2D eigenvalue weighted by Crippen LogP contribution is -2.53. The number of nitrogens with one attached hydrogen (secondary N) is 2. The summed E-state index contributed by atoms with van der Waals surface area (Å²) in [5.74, 6) is 0. The van der Waals surface area contributed by atoms with Gasteiger partial charge in [-0.2, -0.15) is 0 Å². The lowest BCUT2D eigenvalue weighted by Gasteiger charge is -2.38. The van der Waals surface area contributed by atoms with Crippen molar-refractivity contribution < 1.29 is 19.6 Å². The first-order chi connectivity index (χ1) is 10.6. The first-order valence-electron chi connectivity index (χ1n) is 7.80. The summed E-state index contributed by atoms with van der Waals surface area (Å²) >= 11 is 0. The van der Waals surface area contributed by atoms with E-state index in [4.69, 9.17) is 4.65 Å². The fraction of sp³-hybridized carbons (Fsp3) is 0.562. The van der Waals surface area contributed by atoms with Crippen LogP contribution >= 0.6 is 0 Å². The van der Waals surface area contributed by atoms with Gasteiger partial charge in [0.25, 0.3) is 0 Å². The van der Waals surface area contributed by atoms with Crippen LogP contribution in [0, 0.1) is 0 Å². The Kier molecular flexibility index (Phi) is 6.62. The minimum absolute atomic E-state index is 0.264. The normalized spacial score (nSPS) is 12.0. The summed E-state index contributed by atoms with van der Waals surface area (Å²) in [6.45, 7) is 9.27. The highest BCUT2D eigenvalue weighted by atomic mass is 16.5. The molecule has 1 aromatic rings. The van der Waals surface area contributed by atoms with Gasteiger partial charge in [-0.15, -0.1) is 0 Å². The molecule has 1 aromatic carbocycles. The SMILES string of the molecule is CCCNC(=O)Nc1ccc(B(O)OC(C)(C)C(C)(C)O)cc1. The van der Waals surface area contributed by atoms with Gasteiger partial charge in [0.05, 0.1) is 11.2 Å². The molecule has 0 aromatic heterocycles. The molecule has 23 heavy (non-hydrogen) atoms. The lowest BCUT2D eigenvalue weighted by molar-refractivity contribution is -0.0982. The third kappa shape index (κ3) is 5.86. The molecule has 0 aliphatic carbocycles. The van der Waals surface area contributed by atoms with Crippen molar-refractivity contribution in [2.24, 2.45) is 0 Å². The van der Waals surface area contributed by atoms with E-state index < -0.39 is 18.3 Å². The largest absolute Gasteiger partial charge is 0.491 e. The third-order valence-corrected chi connectivity index (χ3v) is 3.87. The Morgan fingerprint density at radius 1 is 1.22 bits per heavy atom. The van der Waals surface area contributed by atoms with Crippen LogP contribution in [-0.4, -0.2) is 41.0 Å². The molecule has 0 heterocycles. The molecule has 0 fully saturated rings. The summed E-state index contributed by atoms with van der Waals surface area (Å²) in [4.78, 5) is 11.6. The quantitative estimate of drug-likeness (QED) is 0.572. The Bertz CT molecular complexity index is 512. The number of anilines is 1. The van der Waals surface area contributed by atoms with E-state index in [9.17, 15) is 14.9 Å². The molecule has 0 radical (unpaired) electrons. The van der Waals surface area contributed by atoms with Gasteiger partial charge in [-0.3, -0.25) is 0 Å². The number of aliphatic hydroxyl groups is 1. The number of hydrogen-bond donors (Lipinski definition) is 4. The highest BCUT2D eigenvalue weighted by Crippen LogP contribution is 2.25. The molecule has 4 N–H and O–H groups in total. The number of carbonyl (C=O) groups is 1. The van der Waals surface area contributed by atoms with Crippen LogP contribution in [0.3, 0.4) is 0 Å². The Morgan fingerprint density at radius 2 is 1.78 bits per heavy atom. The van der Waals surface area contributed by atoms with Crippen LogP contribution in [0.4, 0.5) is 10.5 Å². The molecule has 7 heteroatoms. The Hall–Kier alpha value is -1.57. The molecule has 0 spiro atoms. The van der Waals surface area contributed by atoms with Gasteiger partial charge < -0.3 is 25.4 Å². The molecule has 0 aliphatic rings. The summed E-state index contributed by atoms with van der Waals surface area (Å²) in [6.07, 6.45) is 0.868. The summed E-state index contributed by atoms with van der Waals surface area (Å²) in [6, 6.07) is 6.44. The van der Waals surface area contributed by atoms with Crippen molar-refractivity contribution in [1.82, 2.24) is 5.32 Å². The maximum atomic E-state index is 11.6. The van der Waals surface area contributed by atoms with Gasteiger partial charge in [-0.1, -0.05) is 19.1 Å². The topological polar surface area (TPSA) is 90.8 Å². The molecule has 6 nitrogen and oxygen atoms in total. The number of urea groups is 1. The monoisotopic (exact) mass is 322 g/mol. The average molecular weight is 322 g/mol. The molecule has 0 atom stereocenters. The first-order valence-corrected chi connectivity index (χ1v) is 7.80. The van der Waals surface area contributed by atoms with Gasteiger partial charge in [-0.05, 0) is 51.7 Å². The number of hydrogen-bond acceptors (Lipinski definition) is 4. The Morgan fingerprint density at radius 3 is 2.26 bits per heavy atom. The number of amides is 2. The molecule has 0 saturated heterocycles. The summed E-state index contributed by atoms with van der Waals surface area (Å²) in [5.41, 5.74) is -0.867. The van der Waals surface area contributed by atoms with Gasteiger partial charge >= 0.3 is 13.1 Å². The van der Waals surface area contributed by atoms with Gasteiger partial charge in [0.15, 0.2) is 0 Å². The second-order valence-electron chi connectivity index (χ2n) is 6.54. The molecule has 0 saturated carbocycles. The van der Waals surface area contributed by atoms with Gasteiger partial charge in [0, 0.05) is 12.2 Å². The Balaban J connectivity index is 2.67. The van der Waals surface area contributed by atoms with Crippen molar-refractivity contribution in [1.29, 1.82) is 0 Å². The molecule has 1 rings (SSSR count). The summed E-state index contributed by atoms with van der Waals surface area (Å²) < 4.78 is 5.57. The molecule has 128 valence electrons. The van der Waals surface area contributed by atoms with Crippen LogP contribution in [0.25, 0.3) is 0 Å². The fourth-order valence-electron chi connectivity index (χ4n) is 1.64. The van der Waals surface area contributed by atoms with Gasteiger partial charge in [-0.25, -0.2) is 4.79 Å². The minimum Gasteiger partial charge on any atom is -0.423 e. The van der Waals surface area contributed by atoms with Crippen molar-refractivity contribution in [3.8, 4) is 0 Å². The van der Waals surface area contributed by atoms with Crippen LogP contribution in [0.15, 0.2) is 24.3 Å². The first kappa shape index (κ1) is 19.5. The van der Waals surface area contributed by atoms with E-state index in [0.717, 1.165) is 6.42 Å². The second kappa shape index (κ2) is 7.81. The van der Waals surface area contributed by atoms with E-state index >= 15 is 0 Å². The predicted molar refractivity (Wildman–Crippen MR) is 92.8 cm³/mol. The maximum absolute atomic E-state index is 11.6.